The van der Waals surface area contributed by atoms with Gasteiger partial charge in [0.25, 0.3) is 0 Å². The van der Waals surface area contributed by atoms with Gasteiger partial charge in [0.1, 0.15) is 11.2 Å². The van der Waals surface area contributed by atoms with E-state index in [0.29, 0.717) is 0 Å². The van der Waals surface area contributed by atoms with Gasteiger partial charge < -0.3 is 13.9 Å². The molecule has 12 aromatic rings. The van der Waals surface area contributed by atoms with Gasteiger partial charge in [0.2, 0.25) is 0 Å². The molecule has 1 aliphatic carbocycles. The molecule has 0 atom stereocenters. The van der Waals surface area contributed by atoms with Crippen LogP contribution in [0.3, 0.4) is 0 Å². The quantitative estimate of drug-likeness (QED) is 0.159. The molecular weight excluding hydrogens is 797 g/mol. The molecule has 0 bridgehead atoms. The Morgan fingerprint density at radius 1 is 0.484 bits per heavy atom. The normalized spacial score (nSPS) is 12.5. The molecule has 0 aliphatic heterocycles. The highest BCUT2D eigenvalue weighted by molar-refractivity contribution is 7.20. The number of rotatable bonds is 7. The van der Waals surface area contributed by atoms with Crippen molar-refractivity contribution in [1.82, 2.24) is 4.57 Å². The fourth-order valence-electron chi connectivity index (χ4n) is 10.1. The molecular formula is C60H40N2OS. The molecule has 0 N–H and O–H groups in total. The summed E-state index contributed by atoms with van der Waals surface area (Å²) in [5.74, 6) is 0. The summed E-state index contributed by atoms with van der Waals surface area (Å²) >= 11 is 1.94. The summed E-state index contributed by atoms with van der Waals surface area (Å²) in [7, 11) is 0. The van der Waals surface area contributed by atoms with Crippen molar-refractivity contribution in [3.8, 4) is 39.1 Å². The summed E-state index contributed by atoms with van der Waals surface area (Å²) in [6.45, 7) is 0. The largest absolute Gasteiger partial charge is 0.455 e. The first-order valence-electron chi connectivity index (χ1n) is 22.1. The Morgan fingerprint density at radius 3 is 1.94 bits per heavy atom. The highest BCUT2D eigenvalue weighted by Gasteiger charge is 2.25. The first kappa shape index (κ1) is 36.7. The Kier molecular flexibility index (Phi) is 8.53. The van der Waals surface area contributed by atoms with Crippen molar-refractivity contribution in [3.05, 3.63) is 223 Å². The van der Waals surface area contributed by atoms with E-state index >= 15 is 0 Å². The number of nitrogens with zero attached hydrogens (tertiary/aromatic N) is 2. The van der Waals surface area contributed by atoms with Gasteiger partial charge >= 0.3 is 0 Å². The van der Waals surface area contributed by atoms with Crippen molar-refractivity contribution >= 4 is 88.3 Å². The Labute approximate surface area is 375 Å². The van der Waals surface area contributed by atoms with E-state index in [1.807, 2.05) is 11.3 Å². The monoisotopic (exact) mass is 836 g/mol. The second-order valence-corrected chi connectivity index (χ2v) is 17.8. The molecule has 3 heterocycles. The summed E-state index contributed by atoms with van der Waals surface area (Å²) < 4.78 is 10.6. The lowest BCUT2D eigenvalue weighted by Crippen LogP contribution is -2.10. The van der Waals surface area contributed by atoms with E-state index in [-0.39, 0.29) is 0 Å². The highest BCUT2D eigenvalue weighted by atomic mass is 32.1. The average Bonchev–Trinajstić information content (AvgIpc) is 4.05. The van der Waals surface area contributed by atoms with Crippen molar-refractivity contribution in [1.29, 1.82) is 0 Å². The molecule has 302 valence electrons. The van der Waals surface area contributed by atoms with E-state index in [1.54, 1.807) is 0 Å². The Balaban J connectivity index is 0.992. The van der Waals surface area contributed by atoms with Crippen LogP contribution in [0.5, 0.6) is 0 Å². The first-order chi connectivity index (χ1) is 31.7. The summed E-state index contributed by atoms with van der Waals surface area (Å²) in [6.07, 6.45) is 6.79. The van der Waals surface area contributed by atoms with E-state index in [0.717, 1.165) is 74.2 Å². The van der Waals surface area contributed by atoms with Gasteiger partial charge in [-0.05, 0) is 113 Å². The van der Waals surface area contributed by atoms with Crippen LogP contribution in [0.1, 0.15) is 16.9 Å². The molecule has 9 aromatic carbocycles. The van der Waals surface area contributed by atoms with E-state index in [2.05, 4.69) is 228 Å². The number of allylic oxidation sites excluding steroid dienone is 1. The fourth-order valence-corrected chi connectivity index (χ4v) is 11.4. The summed E-state index contributed by atoms with van der Waals surface area (Å²) in [5, 5.41) is 6.02. The predicted octanol–water partition coefficient (Wildman–Crippen LogP) is 17.3. The van der Waals surface area contributed by atoms with Gasteiger partial charge in [-0.1, -0.05) is 152 Å². The first-order valence-corrected chi connectivity index (χ1v) is 22.9. The molecule has 1 aliphatic rings. The van der Waals surface area contributed by atoms with Gasteiger partial charge in [0, 0.05) is 43.4 Å². The maximum Gasteiger partial charge on any atom is 0.145 e. The number of para-hydroxylation sites is 3. The van der Waals surface area contributed by atoms with Gasteiger partial charge in [0.05, 0.1) is 32.5 Å². The van der Waals surface area contributed by atoms with Gasteiger partial charge in [-0.3, -0.25) is 0 Å². The second kappa shape index (κ2) is 14.9. The molecule has 0 unspecified atom stereocenters. The molecule has 0 amide bonds. The lowest BCUT2D eigenvalue weighted by molar-refractivity contribution is 0.670. The van der Waals surface area contributed by atoms with Crippen molar-refractivity contribution in [3.63, 3.8) is 0 Å². The maximum atomic E-state index is 6.94. The minimum Gasteiger partial charge on any atom is -0.455 e. The van der Waals surface area contributed by atoms with E-state index in [9.17, 15) is 0 Å². The minimum atomic E-state index is 0.874. The van der Waals surface area contributed by atoms with Crippen molar-refractivity contribution in [2.24, 2.45) is 0 Å². The Morgan fingerprint density at radius 2 is 1.12 bits per heavy atom. The molecule has 3 aromatic heterocycles. The summed E-state index contributed by atoms with van der Waals surface area (Å²) in [4.78, 5) is 3.93. The molecule has 4 heteroatoms. The molecule has 0 saturated carbocycles. The van der Waals surface area contributed by atoms with Gasteiger partial charge in [0.15, 0.2) is 0 Å². The molecule has 64 heavy (non-hydrogen) atoms. The van der Waals surface area contributed by atoms with Crippen molar-refractivity contribution < 1.29 is 4.42 Å². The lowest BCUT2D eigenvalue weighted by Gasteiger charge is -2.27. The van der Waals surface area contributed by atoms with Crippen LogP contribution in [0.15, 0.2) is 217 Å². The van der Waals surface area contributed by atoms with Crippen LogP contribution in [-0.4, -0.2) is 4.57 Å². The van der Waals surface area contributed by atoms with Gasteiger partial charge in [-0.2, -0.15) is 0 Å². The third-order valence-corrected chi connectivity index (χ3v) is 14.3. The van der Waals surface area contributed by atoms with Crippen molar-refractivity contribution in [2.75, 3.05) is 4.90 Å². The topological polar surface area (TPSA) is 21.3 Å². The van der Waals surface area contributed by atoms with Gasteiger partial charge in [-0.15, -0.1) is 11.3 Å². The number of aryl methyl sites for hydroxylation is 1. The zero-order valence-electron chi connectivity index (χ0n) is 34.9. The van der Waals surface area contributed by atoms with E-state index in [1.165, 1.54) is 59.0 Å². The third kappa shape index (κ3) is 5.87. The minimum absolute atomic E-state index is 0.874. The highest BCUT2D eigenvalue weighted by Crippen LogP contribution is 2.50. The number of hydrogen-bond acceptors (Lipinski definition) is 3. The van der Waals surface area contributed by atoms with Crippen LogP contribution in [0.25, 0.3) is 99.0 Å². The van der Waals surface area contributed by atoms with Crippen LogP contribution >= 0.6 is 11.3 Å². The molecule has 0 radical (unpaired) electrons. The molecule has 13 rings (SSSR count). The Hall–Kier alpha value is -7.92. The fraction of sp³-hybridized carbons (Fsp3) is 0.0333. The average molecular weight is 837 g/mol. The van der Waals surface area contributed by atoms with Crippen LogP contribution in [0, 0.1) is 0 Å². The van der Waals surface area contributed by atoms with E-state index < -0.39 is 0 Å². The number of thiophene rings is 1. The SMILES string of the molecule is C1=Cc2c(sc3c(N(c4ccc(-c5cccc(-n6c7ccccc7c7ccccc76)c5)cc4)c4ccc(-c5cccc(-c6ccccc6)c5)c5oc6ccccc6c45)cccc23)CC1. The lowest BCUT2D eigenvalue weighted by atomic mass is 9.96. The number of benzene rings is 9. The molecule has 0 spiro atoms. The van der Waals surface area contributed by atoms with Crippen LogP contribution < -0.4 is 4.90 Å². The van der Waals surface area contributed by atoms with Crippen molar-refractivity contribution in [2.45, 2.75) is 12.8 Å². The smallest absolute Gasteiger partial charge is 0.145 e. The third-order valence-electron chi connectivity index (χ3n) is 13.0. The maximum absolute atomic E-state index is 6.94. The summed E-state index contributed by atoms with van der Waals surface area (Å²) in [5.41, 5.74) is 16.9. The number of aromatic nitrogens is 1. The van der Waals surface area contributed by atoms with Crippen LogP contribution in [-0.2, 0) is 6.42 Å². The Bertz CT molecular complexity index is 3740. The number of furan rings is 1. The zero-order chi connectivity index (χ0) is 42.1. The zero-order valence-corrected chi connectivity index (χ0v) is 35.7. The van der Waals surface area contributed by atoms with Gasteiger partial charge in [-0.25, -0.2) is 0 Å². The summed E-state index contributed by atoms with van der Waals surface area (Å²) in [6, 6.07) is 74.8. The second-order valence-electron chi connectivity index (χ2n) is 16.7. The predicted molar refractivity (Wildman–Crippen MR) is 272 cm³/mol. The van der Waals surface area contributed by atoms with Crippen LogP contribution in [0.4, 0.5) is 17.1 Å². The number of fused-ring (bicyclic) bond motifs is 9. The molecule has 3 nitrogen and oxygen atoms in total. The number of anilines is 3. The number of hydrogen-bond donors (Lipinski definition) is 0. The molecule has 0 saturated heterocycles. The molecule has 0 fully saturated rings. The standard InChI is InChI=1S/C60H40N2OS/c1-2-15-39(16-3-1)41-17-12-19-43(37-41)46-35-36-54(58-51-24-6-10-29-56(51)63-59(46)58)61(55-28-14-25-50-49-23-7-11-30-57(49)64-60(50)55)44-33-31-40(32-34-44)42-18-13-20-45(38-42)62-52-26-8-4-21-47(52)48-22-5-9-27-53(48)62/h1-10,12-29,31-38H,11,30H2. The van der Waals surface area contributed by atoms with E-state index in [4.69, 9.17) is 4.42 Å². The van der Waals surface area contributed by atoms with Crippen LogP contribution in [0.2, 0.25) is 0 Å².